The Hall–Kier alpha value is -0.320. The third-order valence-electron chi connectivity index (χ3n) is 3.85. The molecule has 4 nitrogen and oxygen atoms in total. The molecule has 2 heterocycles. The number of hydrogen-bond acceptors (Lipinski definition) is 3. The van der Waals surface area contributed by atoms with Crippen LogP contribution in [-0.4, -0.2) is 50.7 Å². The predicted molar refractivity (Wildman–Crippen MR) is 74.0 cm³/mol. The van der Waals surface area contributed by atoms with Crippen molar-refractivity contribution in [1.29, 1.82) is 0 Å². The fourth-order valence-corrected chi connectivity index (χ4v) is 2.81. The third kappa shape index (κ3) is 4.41. The molecule has 2 saturated heterocycles. The molecule has 0 radical (unpaired) electrons. The lowest BCUT2D eigenvalue weighted by Crippen LogP contribution is -2.42. The summed E-state index contributed by atoms with van der Waals surface area (Å²) in [5.41, 5.74) is 0. The van der Waals surface area contributed by atoms with E-state index in [2.05, 4.69) is 5.32 Å². The van der Waals surface area contributed by atoms with Crippen LogP contribution in [0.4, 0.5) is 0 Å². The first-order valence-corrected chi connectivity index (χ1v) is 6.81. The molecule has 0 aliphatic carbocycles. The first-order chi connectivity index (χ1) is 8.27. The van der Waals surface area contributed by atoms with E-state index in [-0.39, 0.29) is 18.3 Å². The summed E-state index contributed by atoms with van der Waals surface area (Å²) in [4.78, 5) is 14.2. The van der Waals surface area contributed by atoms with Crippen molar-refractivity contribution < 1.29 is 9.53 Å². The first-order valence-electron chi connectivity index (χ1n) is 6.81. The number of carbonyl (C=O) groups excluding carboxylic acids is 1. The number of halogens is 1. The van der Waals surface area contributed by atoms with Crippen LogP contribution in [0.5, 0.6) is 0 Å². The second-order valence-electron chi connectivity index (χ2n) is 5.33. The van der Waals surface area contributed by atoms with Gasteiger partial charge >= 0.3 is 0 Å². The number of hydrogen-bond donors (Lipinski definition) is 1. The Morgan fingerprint density at radius 2 is 2.06 bits per heavy atom. The normalized spacial score (nSPS) is 25.3. The molecule has 2 rings (SSSR count). The molecule has 0 aromatic carbocycles. The van der Waals surface area contributed by atoms with Crippen LogP contribution in [0.15, 0.2) is 0 Å². The molecular formula is C13H25ClN2O2. The maximum absolute atomic E-state index is 12.2. The molecule has 5 heteroatoms. The number of rotatable bonds is 3. The number of nitrogens with one attached hydrogen (secondary N) is 1. The number of carbonyl (C=O) groups is 1. The van der Waals surface area contributed by atoms with E-state index in [4.69, 9.17) is 4.74 Å². The molecule has 2 fully saturated rings. The zero-order chi connectivity index (χ0) is 12.1. The smallest absolute Gasteiger partial charge is 0.225 e. The molecule has 1 atom stereocenters. The molecule has 0 spiro atoms. The van der Waals surface area contributed by atoms with Crippen LogP contribution in [0.25, 0.3) is 0 Å². The number of piperidine rings is 1. The lowest BCUT2D eigenvalue weighted by atomic mass is 9.95. The van der Waals surface area contributed by atoms with Crippen molar-refractivity contribution in [2.24, 2.45) is 11.8 Å². The number of amides is 1. The monoisotopic (exact) mass is 276 g/mol. The lowest BCUT2D eigenvalue weighted by molar-refractivity contribution is -0.136. The zero-order valence-corrected chi connectivity index (χ0v) is 12.0. The molecular weight excluding hydrogens is 252 g/mol. The summed E-state index contributed by atoms with van der Waals surface area (Å²) in [7, 11) is 1.94. The van der Waals surface area contributed by atoms with Gasteiger partial charge in [0.15, 0.2) is 0 Å². The number of ether oxygens (including phenoxy) is 1. The highest BCUT2D eigenvalue weighted by molar-refractivity contribution is 5.85. The summed E-state index contributed by atoms with van der Waals surface area (Å²) in [6, 6.07) is 0. The average molecular weight is 277 g/mol. The highest BCUT2D eigenvalue weighted by Crippen LogP contribution is 2.18. The average Bonchev–Trinajstić information content (AvgIpc) is 2.40. The molecule has 1 N–H and O–H groups in total. The highest BCUT2D eigenvalue weighted by atomic mass is 35.5. The van der Waals surface area contributed by atoms with Gasteiger partial charge in [-0.15, -0.1) is 12.4 Å². The van der Waals surface area contributed by atoms with Gasteiger partial charge in [0.05, 0.1) is 6.61 Å². The van der Waals surface area contributed by atoms with Gasteiger partial charge in [-0.25, -0.2) is 0 Å². The van der Waals surface area contributed by atoms with Crippen LogP contribution < -0.4 is 5.32 Å². The summed E-state index contributed by atoms with van der Waals surface area (Å²) in [5.74, 6) is 1.11. The summed E-state index contributed by atoms with van der Waals surface area (Å²) >= 11 is 0. The minimum Gasteiger partial charge on any atom is -0.381 e. The fourth-order valence-electron chi connectivity index (χ4n) is 2.81. The summed E-state index contributed by atoms with van der Waals surface area (Å²) < 4.78 is 5.46. The van der Waals surface area contributed by atoms with E-state index < -0.39 is 0 Å². The first kappa shape index (κ1) is 15.7. The van der Waals surface area contributed by atoms with Crippen molar-refractivity contribution >= 4 is 18.3 Å². The highest BCUT2D eigenvalue weighted by Gasteiger charge is 2.25. The van der Waals surface area contributed by atoms with E-state index in [1.165, 1.54) is 6.42 Å². The van der Waals surface area contributed by atoms with E-state index in [0.29, 0.717) is 11.8 Å². The van der Waals surface area contributed by atoms with E-state index in [1.54, 1.807) is 0 Å². The van der Waals surface area contributed by atoms with E-state index in [1.807, 2.05) is 11.9 Å². The van der Waals surface area contributed by atoms with Gasteiger partial charge in [0, 0.05) is 26.1 Å². The molecule has 106 valence electrons. The minimum atomic E-state index is 0. The lowest BCUT2D eigenvalue weighted by Gasteiger charge is -2.31. The van der Waals surface area contributed by atoms with Crippen LogP contribution in [-0.2, 0) is 9.53 Å². The Kier molecular flexibility index (Phi) is 6.97. The SMILES string of the molecule is CN(CC1CCCOC1)C(=O)C1CCNCC1.Cl. The Labute approximate surface area is 116 Å². The Balaban J connectivity index is 0.00000162. The second-order valence-corrected chi connectivity index (χ2v) is 5.33. The van der Waals surface area contributed by atoms with Gasteiger partial charge in [0.2, 0.25) is 5.91 Å². The molecule has 2 aliphatic rings. The molecule has 1 amide bonds. The van der Waals surface area contributed by atoms with Crippen molar-refractivity contribution in [2.75, 3.05) is 39.9 Å². The quantitative estimate of drug-likeness (QED) is 0.845. The Morgan fingerprint density at radius 1 is 1.33 bits per heavy atom. The molecule has 0 bridgehead atoms. The van der Waals surface area contributed by atoms with Crippen LogP contribution in [0.2, 0.25) is 0 Å². The van der Waals surface area contributed by atoms with Gasteiger partial charge in [-0.05, 0) is 44.7 Å². The van der Waals surface area contributed by atoms with Crippen molar-refractivity contribution in [2.45, 2.75) is 25.7 Å². The Bertz CT molecular complexity index is 251. The summed E-state index contributed by atoms with van der Waals surface area (Å²) in [6.07, 6.45) is 4.32. The summed E-state index contributed by atoms with van der Waals surface area (Å²) in [5, 5.41) is 3.30. The van der Waals surface area contributed by atoms with E-state index >= 15 is 0 Å². The maximum atomic E-state index is 12.2. The van der Waals surface area contributed by atoms with Crippen molar-refractivity contribution in [3.63, 3.8) is 0 Å². The molecule has 0 aromatic heterocycles. The molecule has 2 aliphatic heterocycles. The fraction of sp³-hybridized carbons (Fsp3) is 0.923. The van der Waals surface area contributed by atoms with Crippen LogP contribution >= 0.6 is 12.4 Å². The zero-order valence-electron chi connectivity index (χ0n) is 11.2. The van der Waals surface area contributed by atoms with Crippen LogP contribution in [0, 0.1) is 11.8 Å². The van der Waals surface area contributed by atoms with Crippen molar-refractivity contribution in [3.8, 4) is 0 Å². The standard InChI is InChI=1S/C13H24N2O2.ClH/c1-15(9-11-3-2-8-17-10-11)13(16)12-4-6-14-7-5-12;/h11-12,14H,2-10H2,1H3;1H. The number of nitrogens with zero attached hydrogens (tertiary/aromatic N) is 1. The largest absolute Gasteiger partial charge is 0.381 e. The van der Waals surface area contributed by atoms with Gasteiger partial charge in [-0.2, -0.15) is 0 Å². The molecule has 18 heavy (non-hydrogen) atoms. The summed E-state index contributed by atoms with van der Waals surface area (Å²) in [6.45, 7) is 4.54. The van der Waals surface area contributed by atoms with Gasteiger partial charge in [0.1, 0.15) is 0 Å². The third-order valence-corrected chi connectivity index (χ3v) is 3.85. The molecule has 1 unspecified atom stereocenters. The molecule has 0 aromatic rings. The topological polar surface area (TPSA) is 41.6 Å². The Morgan fingerprint density at radius 3 is 2.67 bits per heavy atom. The van der Waals surface area contributed by atoms with E-state index in [9.17, 15) is 4.79 Å². The molecule has 0 saturated carbocycles. The van der Waals surface area contributed by atoms with Gasteiger partial charge in [-0.3, -0.25) is 4.79 Å². The minimum absolute atomic E-state index is 0. The van der Waals surface area contributed by atoms with Crippen LogP contribution in [0.1, 0.15) is 25.7 Å². The van der Waals surface area contributed by atoms with Crippen LogP contribution in [0.3, 0.4) is 0 Å². The maximum Gasteiger partial charge on any atom is 0.225 e. The van der Waals surface area contributed by atoms with Gasteiger partial charge < -0.3 is 15.0 Å². The van der Waals surface area contributed by atoms with Gasteiger partial charge in [0.25, 0.3) is 0 Å². The van der Waals surface area contributed by atoms with Crippen molar-refractivity contribution in [3.05, 3.63) is 0 Å². The van der Waals surface area contributed by atoms with E-state index in [0.717, 1.165) is 52.1 Å². The predicted octanol–water partition coefficient (Wildman–Crippen LogP) is 1.29. The second kappa shape index (κ2) is 7.97. The van der Waals surface area contributed by atoms with Gasteiger partial charge in [-0.1, -0.05) is 0 Å². The van der Waals surface area contributed by atoms with Crippen molar-refractivity contribution in [1.82, 2.24) is 10.2 Å².